The zero-order valence-corrected chi connectivity index (χ0v) is 8.52. The Bertz CT molecular complexity index is 347. The Morgan fingerprint density at radius 1 is 1.53 bits per heavy atom. The highest BCUT2D eigenvalue weighted by Crippen LogP contribution is 2.58. The smallest absolute Gasteiger partial charge is 0.330 e. The summed E-state index contributed by atoms with van der Waals surface area (Å²) < 4.78 is 11.0. The number of fused-ring (bicyclic) bond motifs is 1. The number of rotatable bonds is 2. The fourth-order valence-corrected chi connectivity index (χ4v) is 3.39. The van der Waals surface area contributed by atoms with E-state index in [2.05, 4.69) is 13.2 Å². The Hall–Kier alpha value is -1.25. The van der Waals surface area contributed by atoms with Crippen LogP contribution in [-0.2, 0) is 14.3 Å². The van der Waals surface area contributed by atoms with E-state index in [0.717, 1.165) is 18.6 Å². The largest absolute Gasteiger partial charge is 0.491 e. The van der Waals surface area contributed by atoms with Gasteiger partial charge in [-0.2, -0.15) is 0 Å². The SMILES string of the molecule is C=CC(=O)O[C@@H]1C2CC3C(=C)OC1C3C2. The van der Waals surface area contributed by atoms with Gasteiger partial charge < -0.3 is 9.47 Å². The summed E-state index contributed by atoms with van der Waals surface area (Å²) in [5, 5.41) is 0. The van der Waals surface area contributed by atoms with Crippen molar-refractivity contribution < 1.29 is 14.3 Å². The van der Waals surface area contributed by atoms with Crippen molar-refractivity contribution in [3.05, 3.63) is 25.0 Å². The molecular formula is C12H14O3. The molecule has 0 N–H and O–H groups in total. The van der Waals surface area contributed by atoms with E-state index in [1.807, 2.05) is 0 Å². The summed E-state index contributed by atoms with van der Waals surface area (Å²) >= 11 is 0. The molecule has 1 saturated heterocycles. The van der Waals surface area contributed by atoms with Crippen LogP contribution in [0.3, 0.4) is 0 Å². The summed E-state index contributed by atoms with van der Waals surface area (Å²) in [7, 11) is 0. The van der Waals surface area contributed by atoms with Crippen molar-refractivity contribution in [2.45, 2.75) is 25.0 Å². The van der Waals surface area contributed by atoms with Crippen LogP contribution in [0.4, 0.5) is 0 Å². The Morgan fingerprint density at radius 3 is 3.07 bits per heavy atom. The van der Waals surface area contributed by atoms with Gasteiger partial charge in [-0.3, -0.25) is 0 Å². The van der Waals surface area contributed by atoms with Gasteiger partial charge in [0.05, 0.1) is 5.76 Å². The van der Waals surface area contributed by atoms with Crippen LogP contribution in [0.2, 0.25) is 0 Å². The van der Waals surface area contributed by atoms with Gasteiger partial charge in [-0.25, -0.2) is 4.79 Å². The molecule has 0 spiro atoms. The van der Waals surface area contributed by atoms with Crippen LogP contribution in [-0.4, -0.2) is 18.2 Å². The second-order valence-electron chi connectivity index (χ2n) is 4.66. The molecule has 4 unspecified atom stereocenters. The summed E-state index contributed by atoms with van der Waals surface area (Å²) in [4.78, 5) is 11.2. The van der Waals surface area contributed by atoms with E-state index >= 15 is 0 Å². The van der Waals surface area contributed by atoms with Crippen LogP contribution in [0.15, 0.2) is 25.0 Å². The van der Waals surface area contributed by atoms with Crippen LogP contribution in [0.1, 0.15) is 12.8 Å². The van der Waals surface area contributed by atoms with Gasteiger partial charge >= 0.3 is 5.97 Å². The van der Waals surface area contributed by atoms with Gasteiger partial charge in [0.15, 0.2) is 0 Å². The number of esters is 1. The molecule has 0 aromatic carbocycles. The fraction of sp³-hybridized carbons (Fsp3) is 0.583. The maximum atomic E-state index is 11.2. The molecule has 2 aliphatic carbocycles. The Kier molecular flexibility index (Phi) is 1.73. The monoisotopic (exact) mass is 206 g/mol. The molecule has 3 heteroatoms. The van der Waals surface area contributed by atoms with Crippen LogP contribution < -0.4 is 0 Å². The lowest BCUT2D eigenvalue weighted by atomic mass is 9.87. The molecule has 15 heavy (non-hydrogen) atoms. The molecule has 2 bridgehead atoms. The Labute approximate surface area is 88.7 Å². The lowest BCUT2D eigenvalue weighted by Gasteiger charge is -2.25. The van der Waals surface area contributed by atoms with Crippen molar-refractivity contribution >= 4 is 5.97 Å². The van der Waals surface area contributed by atoms with Crippen LogP contribution in [0.25, 0.3) is 0 Å². The third kappa shape index (κ3) is 1.09. The van der Waals surface area contributed by atoms with Gasteiger partial charge in [-0.15, -0.1) is 0 Å². The van der Waals surface area contributed by atoms with Crippen molar-refractivity contribution in [3.8, 4) is 0 Å². The van der Waals surface area contributed by atoms with Gasteiger partial charge in [0, 0.05) is 23.8 Å². The molecule has 0 radical (unpaired) electrons. The predicted molar refractivity (Wildman–Crippen MR) is 53.8 cm³/mol. The van der Waals surface area contributed by atoms with E-state index < -0.39 is 0 Å². The van der Waals surface area contributed by atoms with Gasteiger partial charge in [0.2, 0.25) is 0 Å². The molecule has 80 valence electrons. The number of hydrogen-bond donors (Lipinski definition) is 0. The van der Waals surface area contributed by atoms with E-state index in [0.29, 0.717) is 17.8 Å². The summed E-state index contributed by atoms with van der Waals surface area (Å²) in [6.07, 6.45) is 3.38. The molecule has 0 amide bonds. The van der Waals surface area contributed by atoms with Gasteiger partial charge in [0.25, 0.3) is 0 Å². The van der Waals surface area contributed by atoms with E-state index in [1.165, 1.54) is 6.08 Å². The lowest BCUT2D eigenvalue weighted by Crippen LogP contribution is -2.35. The highest BCUT2D eigenvalue weighted by atomic mass is 16.6. The number of hydrogen-bond acceptors (Lipinski definition) is 3. The average molecular weight is 206 g/mol. The van der Waals surface area contributed by atoms with Crippen molar-refractivity contribution in [3.63, 3.8) is 0 Å². The van der Waals surface area contributed by atoms with E-state index in [1.54, 1.807) is 0 Å². The zero-order chi connectivity index (χ0) is 10.6. The van der Waals surface area contributed by atoms with Crippen molar-refractivity contribution in [1.29, 1.82) is 0 Å². The number of carbonyl (C=O) groups is 1. The zero-order valence-electron chi connectivity index (χ0n) is 8.52. The summed E-state index contributed by atoms with van der Waals surface area (Å²) in [5.41, 5.74) is 0. The summed E-state index contributed by atoms with van der Waals surface area (Å²) in [6, 6.07) is 0. The highest BCUT2D eigenvalue weighted by Gasteiger charge is 2.60. The molecule has 5 atom stereocenters. The normalized spacial score (nSPS) is 45.3. The Balaban J connectivity index is 1.80. The third-order valence-corrected chi connectivity index (χ3v) is 3.98. The fourth-order valence-electron chi connectivity index (χ4n) is 3.39. The maximum absolute atomic E-state index is 11.2. The quantitative estimate of drug-likeness (QED) is 0.509. The van der Waals surface area contributed by atoms with Crippen LogP contribution >= 0.6 is 0 Å². The lowest BCUT2D eigenvalue weighted by molar-refractivity contribution is -0.150. The highest BCUT2D eigenvalue weighted by molar-refractivity contribution is 5.81. The first-order chi connectivity index (χ1) is 7.20. The first kappa shape index (κ1) is 9.01. The van der Waals surface area contributed by atoms with E-state index in [4.69, 9.17) is 9.47 Å². The second-order valence-corrected chi connectivity index (χ2v) is 4.66. The molecule has 3 nitrogen and oxygen atoms in total. The van der Waals surface area contributed by atoms with Crippen molar-refractivity contribution in [2.75, 3.05) is 0 Å². The van der Waals surface area contributed by atoms with Crippen molar-refractivity contribution in [1.82, 2.24) is 0 Å². The molecule has 0 aromatic rings. The Morgan fingerprint density at radius 2 is 2.33 bits per heavy atom. The van der Waals surface area contributed by atoms with Crippen LogP contribution in [0.5, 0.6) is 0 Å². The average Bonchev–Trinajstić information content (AvgIpc) is 2.81. The van der Waals surface area contributed by atoms with Crippen LogP contribution in [0, 0.1) is 17.8 Å². The third-order valence-electron chi connectivity index (χ3n) is 3.98. The van der Waals surface area contributed by atoms with E-state index in [9.17, 15) is 4.79 Å². The minimum absolute atomic E-state index is 0.0603. The summed E-state index contributed by atoms with van der Waals surface area (Å²) in [6.45, 7) is 7.33. The second kappa shape index (κ2) is 2.87. The van der Waals surface area contributed by atoms with Gasteiger partial charge in [0.1, 0.15) is 12.2 Å². The van der Waals surface area contributed by atoms with Gasteiger partial charge in [-0.1, -0.05) is 13.2 Å². The van der Waals surface area contributed by atoms with Crippen molar-refractivity contribution in [2.24, 2.45) is 17.8 Å². The predicted octanol–water partition coefficient (Wildman–Crippen LogP) is 1.65. The van der Waals surface area contributed by atoms with E-state index in [-0.39, 0.29) is 18.2 Å². The number of allylic oxidation sites excluding steroid dienone is 1. The molecule has 1 aliphatic heterocycles. The molecular weight excluding hydrogens is 192 g/mol. The molecule has 0 aromatic heterocycles. The molecule has 3 aliphatic rings. The first-order valence-corrected chi connectivity index (χ1v) is 5.39. The summed E-state index contributed by atoms with van der Waals surface area (Å²) in [5.74, 6) is 2.06. The van der Waals surface area contributed by atoms with Gasteiger partial charge in [-0.05, 0) is 12.8 Å². The first-order valence-electron chi connectivity index (χ1n) is 5.39. The minimum Gasteiger partial charge on any atom is -0.491 e. The molecule has 1 heterocycles. The maximum Gasteiger partial charge on any atom is 0.330 e. The number of ether oxygens (including phenoxy) is 2. The molecule has 2 saturated carbocycles. The minimum atomic E-state index is -0.342. The molecule has 3 fully saturated rings. The standard InChI is InChI=1S/C12H14O3/c1-3-10(13)15-11-7-4-8-6(2)14-12(11)9(8)5-7/h3,7-9,11-12H,1-2,4-5H2/t7?,8?,9?,11-,12?/m1/s1. The number of carbonyl (C=O) groups excluding carboxylic acids is 1. The topological polar surface area (TPSA) is 35.5 Å². The molecule has 3 rings (SSSR count).